The number of fused-ring (bicyclic) bond motifs is 1. The maximum absolute atomic E-state index is 12.8. The third kappa shape index (κ3) is 4.27. The number of aromatic nitrogens is 2. The number of nitrogens with zero attached hydrogens (tertiary/aromatic N) is 4. The monoisotopic (exact) mass is 416 g/mol. The van der Waals surface area contributed by atoms with E-state index >= 15 is 0 Å². The summed E-state index contributed by atoms with van der Waals surface area (Å²) in [5.74, 6) is 1.35. The Hall–Kier alpha value is -2.95. The Morgan fingerprint density at radius 2 is 1.48 bits per heavy atom. The van der Waals surface area contributed by atoms with Crippen molar-refractivity contribution in [3.05, 3.63) is 53.6 Å². The van der Waals surface area contributed by atoms with Crippen molar-refractivity contribution in [3.63, 3.8) is 0 Å². The normalized spacial score (nSPS) is 14.5. The van der Waals surface area contributed by atoms with Crippen LogP contribution in [0.15, 0.2) is 42.5 Å². The minimum atomic E-state index is 0.137. The molecule has 0 aliphatic carbocycles. The summed E-state index contributed by atoms with van der Waals surface area (Å²) >= 11 is 0. The van der Waals surface area contributed by atoms with Crippen LogP contribution in [0.1, 0.15) is 37.8 Å². The molecule has 2 aromatic carbocycles. The summed E-state index contributed by atoms with van der Waals surface area (Å²) in [5, 5.41) is 0. The fourth-order valence-electron chi connectivity index (χ4n) is 4.35. The predicted molar refractivity (Wildman–Crippen MR) is 127 cm³/mol. The van der Waals surface area contributed by atoms with Crippen LogP contribution in [0.2, 0.25) is 0 Å². The molecule has 3 aromatic rings. The highest BCUT2D eigenvalue weighted by atomic mass is 16.2. The Labute approximate surface area is 185 Å². The lowest BCUT2D eigenvalue weighted by molar-refractivity contribution is -0.136. The van der Waals surface area contributed by atoms with Crippen LogP contribution in [0.3, 0.4) is 0 Å². The van der Waals surface area contributed by atoms with E-state index in [1.807, 2.05) is 23.1 Å². The maximum Gasteiger partial charge on any atom is 0.225 e. The van der Waals surface area contributed by atoms with Gasteiger partial charge in [-0.15, -0.1) is 0 Å². The van der Waals surface area contributed by atoms with Gasteiger partial charge in [0, 0.05) is 37.7 Å². The summed E-state index contributed by atoms with van der Waals surface area (Å²) in [5.41, 5.74) is 6.28. The van der Waals surface area contributed by atoms with Crippen molar-refractivity contribution in [3.8, 4) is 11.3 Å². The number of amides is 1. The fourth-order valence-corrected chi connectivity index (χ4v) is 4.35. The van der Waals surface area contributed by atoms with E-state index in [1.165, 1.54) is 11.1 Å². The first kappa shape index (κ1) is 21.3. The highest BCUT2D eigenvalue weighted by Crippen LogP contribution is 2.31. The van der Waals surface area contributed by atoms with Crippen molar-refractivity contribution in [2.45, 2.75) is 40.5 Å². The van der Waals surface area contributed by atoms with E-state index < -0.39 is 0 Å². The van der Waals surface area contributed by atoms with Crippen molar-refractivity contribution in [1.82, 2.24) is 14.9 Å². The highest BCUT2D eigenvalue weighted by Gasteiger charge is 2.27. The van der Waals surface area contributed by atoms with E-state index in [0.29, 0.717) is 5.91 Å². The van der Waals surface area contributed by atoms with Crippen LogP contribution in [-0.4, -0.2) is 47.0 Å². The van der Waals surface area contributed by atoms with Crippen LogP contribution < -0.4 is 4.90 Å². The Morgan fingerprint density at radius 1 is 0.903 bits per heavy atom. The van der Waals surface area contributed by atoms with Crippen LogP contribution in [-0.2, 0) is 4.79 Å². The van der Waals surface area contributed by atoms with Crippen LogP contribution >= 0.6 is 0 Å². The molecule has 162 valence electrons. The Kier molecular flexibility index (Phi) is 6.21. The number of hydrogen-bond acceptors (Lipinski definition) is 4. The molecule has 31 heavy (non-hydrogen) atoms. The number of carbonyl (C=O) groups is 1. The third-order valence-corrected chi connectivity index (χ3v) is 6.53. The molecular weight excluding hydrogens is 384 g/mol. The van der Waals surface area contributed by atoms with Gasteiger partial charge in [-0.05, 0) is 49.9 Å². The fraction of sp³-hybridized carbons (Fsp3) is 0.423. The molecule has 0 unspecified atom stereocenters. The van der Waals surface area contributed by atoms with E-state index in [1.54, 1.807) is 0 Å². The molecule has 1 fully saturated rings. The second kappa shape index (κ2) is 9.04. The lowest BCUT2D eigenvalue weighted by Gasteiger charge is -2.37. The van der Waals surface area contributed by atoms with E-state index in [-0.39, 0.29) is 5.92 Å². The molecule has 0 atom stereocenters. The van der Waals surface area contributed by atoms with Crippen LogP contribution in [0, 0.1) is 19.8 Å². The van der Waals surface area contributed by atoms with Gasteiger partial charge >= 0.3 is 0 Å². The molecule has 1 aliphatic rings. The lowest BCUT2D eigenvalue weighted by Crippen LogP contribution is -2.50. The lowest BCUT2D eigenvalue weighted by atomic mass is 10.0. The molecule has 0 N–H and O–H groups in total. The van der Waals surface area contributed by atoms with Gasteiger partial charge in [0.2, 0.25) is 5.91 Å². The number of aryl methyl sites for hydroxylation is 2. The Bertz CT molecular complexity index is 1070. The van der Waals surface area contributed by atoms with Gasteiger partial charge in [-0.25, -0.2) is 9.97 Å². The summed E-state index contributed by atoms with van der Waals surface area (Å²) < 4.78 is 0. The first-order valence-corrected chi connectivity index (χ1v) is 11.4. The average Bonchev–Trinajstić information content (AvgIpc) is 2.80. The topological polar surface area (TPSA) is 49.3 Å². The summed E-state index contributed by atoms with van der Waals surface area (Å²) in [6.45, 7) is 11.4. The van der Waals surface area contributed by atoms with Crippen LogP contribution in [0.4, 0.5) is 5.82 Å². The van der Waals surface area contributed by atoms with Crippen molar-refractivity contribution < 1.29 is 4.79 Å². The first-order chi connectivity index (χ1) is 15.0. The Balaban J connectivity index is 1.68. The van der Waals surface area contributed by atoms with E-state index in [0.717, 1.165) is 67.1 Å². The second-order valence-corrected chi connectivity index (χ2v) is 8.51. The van der Waals surface area contributed by atoms with Gasteiger partial charge in [0.15, 0.2) is 5.82 Å². The maximum atomic E-state index is 12.8. The van der Waals surface area contributed by atoms with Gasteiger partial charge in [-0.2, -0.15) is 0 Å². The summed E-state index contributed by atoms with van der Waals surface area (Å²) in [6.07, 6.45) is 1.81. The number of carbonyl (C=O) groups excluding carboxylic acids is 1. The number of anilines is 1. The zero-order valence-corrected chi connectivity index (χ0v) is 19.1. The molecule has 0 spiro atoms. The molecule has 5 heteroatoms. The van der Waals surface area contributed by atoms with Gasteiger partial charge in [-0.3, -0.25) is 4.79 Å². The molecular formula is C26H32N4O. The number of hydrogen-bond donors (Lipinski definition) is 0. The zero-order valence-electron chi connectivity index (χ0n) is 19.1. The largest absolute Gasteiger partial charge is 0.351 e. The molecule has 1 aliphatic heterocycles. The van der Waals surface area contributed by atoms with Crippen molar-refractivity contribution >= 4 is 22.8 Å². The SMILES string of the molecule is CCC(CC)C(=O)N1CCN(c2nc3cc(C)c(C)cc3nc2-c2ccccc2)CC1. The van der Waals surface area contributed by atoms with E-state index in [9.17, 15) is 4.79 Å². The number of piperazine rings is 1. The summed E-state index contributed by atoms with van der Waals surface area (Å²) in [4.78, 5) is 27.3. The summed E-state index contributed by atoms with van der Waals surface area (Å²) in [7, 11) is 0. The highest BCUT2D eigenvalue weighted by molar-refractivity contribution is 5.85. The summed E-state index contributed by atoms with van der Waals surface area (Å²) in [6, 6.07) is 14.5. The molecule has 1 saturated heterocycles. The number of rotatable bonds is 5. The third-order valence-electron chi connectivity index (χ3n) is 6.53. The average molecular weight is 417 g/mol. The molecule has 0 bridgehead atoms. The van der Waals surface area contributed by atoms with E-state index in [2.05, 4.69) is 56.9 Å². The zero-order chi connectivity index (χ0) is 22.0. The Morgan fingerprint density at radius 3 is 2.06 bits per heavy atom. The van der Waals surface area contributed by atoms with Crippen molar-refractivity contribution in [2.24, 2.45) is 5.92 Å². The minimum absolute atomic E-state index is 0.137. The molecule has 0 radical (unpaired) electrons. The molecule has 4 rings (SSSR count). The van der Waals surface area contributed by atoms with E-state index in [4.69, 9.17) is 9.97 Å². The van der Waals surface area contributed by atoms with Crippen LogP contribution in [0.5, 0.6) is 0 Å². The molecule has 1 aromatic heterocycles. The molecule has 5 nitrogen and oxygen atoms in total. The quantitative estimate of drug-likeness (QED) is 0.587. The molecule has 0 saturated carbocycles. The molecule has 2 heterocycles. The van der Waals surface area contributed by atoms with Crippen LogP contribution in [0.25, 0.3) is 22.3 Å². The minimum Gasteiger partial charge on any atom is -0.351 e. The van der Waals surface area contributed by atoms with Crippen molar-refractivity contribution in [2.75, 3.05) is 31.1 Å². The van der Waals surface area contributed by atoms with Gasteiger partial charge in [0.25, 0.3) is 0 Å². The molecule has 1 amide bonds. The van der Waals surface area contributed by atoms with Gasteiger partial charge in [0.1, 0.15) is 5.69 Å². The predicted octanol–water partition coefficient (Wildman–Crippen LogP) is 5.00. The smallest absolute Gasteiger partial charge is 0.225 e. The standard InChI is InChI=1S/C26H32N4O/c1-5-20(6-2)26(31)30-14-12-29(13-15-30)25-24(21-10-8-7-9-11-21)27-22-16-18(3)19(4)17-23(22)28-25/h7-11,16-17,20H,5-6,12-15H2,1-4H3. The number of benzene rings is 2. The second-order valence-electron chi connectivity index (χ2n) is 8.51. The first-order valence-electron chi connectivity index (χ1n) is 11.4. The van der Waals surface area contributed by atoms with Gasteiger partial charge in [0.05, 0.1) is 11.0 Å². The van der Waals surface area contributed by atoms with Gasteiger partial charge in [-0.1, -0.05) is 44.2 Å². The van der Waals surface area contributed by atoms with Crippen molar-refractivity contribution in [1.29, 1.82) is 0 Å². The van der Waals surface area contributed by atoms with Gasteiger partial charge < -0.3 is 9.80 Å².